The average Bonchev–Trinajstić information content (AvgIpc) is 2.09. The molecule has 0 radical (unpaired) electrons. The molecule has 1 unspecified atom stereocenters. The summed E-state index contributed by atoms with van der Waals surface area (Å²) in [5, 5.41) is 9.35. The number of rotatable bonds is 3. The normalized spacial score (nSPS) is 23.5. The molecule has 0 saturated heterocycles. The van der Waals surface area contributed by atoms with Crippen molar-refractivity contribution in [2.45, 2.75) is 70.7 Å². The molecule has 1 rings (SSSR count). The molecule has 2 heteroatoms. The van der Waals surface area contributed by atoms with Crippen LogP contribution in [0.4, 0.5) is 0 Å². The molecule has 1 fully saturated rings. The summed E-state index contributed by atoms with van der Waals surface area (Å²) < 4.78 is 5.53. The van der Waals surface area contributed by atoms with Gasteiger partial charge in [0.25, 0.3) is 0 Å². The van der Waals surface area contributed by atoms with Crippen LogP contribution in [0.3, 0.4) is 0 Å². The number of aliphatic hydroxyl groups excluding tert-OH is 1. The molecule has 1 saturated carbocycles. The van der Waals surface area contributed by atoms with Gasteiger partial charge in [-0.1, -0.05) is 39.0 Å². The maximum absolute atomic E-state index is 9.35. The van der Waals surface area contributed by atoms with Crippen LogP contribution in [0.15, 0.2) is 0 Å². The van der Waals surface area contributed by atoms with Gasteiger partial charge in [-0.05, 0) is 19.3 Å². The fraction of sp³-hybridized carbons (Fsp3) is 1.00. The van der Waals surface area contributed by atoms with Crippen molar-refractivity contribution < 1.29 is 9.84 Å². The number of aliphatic hydroxyl groups is 1. The van der Waals surface area contributed by atoms with Crippen molar-refractivity contribution in [1.29, 1.82) is 0 Å². The third kappa shape index (κ3) is 4.63. The lowest BCUT2D eigenvalue weighted by molar-refractivity contribution is -0.141. The van der Waals surface area contributed by atoms with E-state index in [1.807, 2.05) is 6.92 Å². The Morgan fingerprint density at radius 2 is 1.69 bits per heavy atom. The number of hydrogen-bond acceptors (Lipinski definition) is 2. The molecule has 78 valence electrons. The van der Waals surface area contributed by atoms with Gasteiger partial charge >= 0.3 is 0 Å². The maximum atomic E-state index is 9.35. The van der Waals surface area contributed by atoms with Gasteiger partial charge in [-0.2, -0.15) is 0 Å². The third-order valence-corrected chi connectivity index (χ3v) is 2.75. The van der Waals surface area contributed by atoms with Gasteiger partial charge in [0.1, 0.15) is 0 Å². The van der Waals surface area contributed by atoms with Crippen LogP contribution in [0.5, 0.6) is 0 Å². The highest BCUT2D eigenvalue weighted by atomic mass is 16.6. The van der Waals surface area contributed by atoms with Gasteiger partial charge in [0.05, 0.1) is 6.10 Å². The Balaban J connectivity index is 2.21. The highest BCUT2D eigenvalue weighted by molar-refractivity contribution is 4.63. The second kappa shape index (κ2) is 6.39. The van der Waals surface area contributed by atoms with Crippen molar-refractivity contribution >= 4 is 0 Å². The smallest absolute Gasteiger partial charge is 0.154 e. The monoisotopic (exact) mass is 186 g/mol. The van der Waals surface area contributed by atoms with E-state index in [-0.39, 0.29) is 0 Å². The van der Waals surface area contributed by atoms with Gasteiger partial charge in [-0.3, -0.25) is 0 Å². The van der Waals surface area contributed by atoms with Crippen LogP contribution in [0.25, 0.3) is 0 Å². The zero-order valence-corrected chi connectivity index (χ0v) is 8.67. The quantitative estimate of drug-likeness (QED) is 0.687. The van der Waals surface area contributed by atoms with Crippen LogP contribution in [0.1, 0.15) is 58.3 Å². The van der Waals surface area contributed by atoms with Crippen molar-refractivity contribution in [3.05, 3.63) is 0 Å². The third-order valence-electron chi connectivity index (χ3n) is 2.75. The fourth-order valence-electron chi connectivity index (χ4n) is 1.87. The van der Waals surface area contributed by atoms with E-state index in [1.54, 1.807) is 0 Å². The molecule has 1 N–H and O–H groups in total. The number of hydrogen-bond donors (Lipinski definition) is 1. The summed E-state index contributed by atoms with van der Waals surface area (Å²) in [5.41, 5.74) is 0. The lowest BCUT2D eigenvalue weighted by Gasteiger charge is -2.22. The molecular weight excluding hydrogens is 164 g/mol. The first-order chi connectivity index (χ1) is 6.33. The summed E-state index contributed by atoms with van der Waals surface area (Å²) in [5.74, 6) is 0. The van der Waals surface area contributed by atoms with Crippen LogP contribution >= 0.6 is 0 Å². The Morgan fingerprint density at radius 3 is 2.23 bits per heavy atom. The zero-order valence-electron chi connectivity index (χ0n) is 8.67. The Hall–Kier alpha value is -0.0800. The highest BCUT2D eigenvalue weighted by Gasteiger charge is 2.14. The predicted octanol–water partition coefficient (Wildman–Crippen LogP) is 2.84. The molecule has 1 atom stereocenters. The van der Waals surface area contributed by atoms with E-state index in [4.69, 9.17) is 4.74 Å². The Kier molecular flexibility index (Phi) is 5.40. The van der Waals surface area contributed by atoms with E-state index in [2.05, 4.69) is 0 Å². The number of ether oxygens (including phenoxy) is 1. The second-order valence-electron chi connectivity index (χ2n) is 3.97. The Labute approximate surface area is 81.3 Å². The van der Waals surface area contributed by atoms with Gasteiger partial charge in [-0.25, -0.2) is 0 Å². The molecule has 0 bridgehead atoms. The van der Waals surface area contributed by atoms with Crippen molar-refractivity contribution in [1.82, 2.24) is 0 Å². The van der Waals surface area contributed by atoms with Crippen molar-refractivity contribution in [3.8, 4) is 0 Å². The lowest BCUT2D eigenvalue weighted by Crippen LogP contribution is -2.22. The minimum Gasteiger partial charge on any atom is -0.368 e. The standard InChI is InChI=1S/C11H22O2/c1-2-11(12)13-10-8-6-4-3-5-7-9-10/h10-12H,2-9H2,1H3. The minimum absolute atomic E-state index is 0.315. The molecule has 0 aromatic carbocycles. The molecule has 1 aliphatic rings. The highest BCUT2D eigenvalue weighted by Crippen LogP contribution is 2.20. The van der Waals surface area contributed by atoms with Crippen LogP contribution < -0.4 is 0 Å². The van der Waals surface area contributed by atoms with Gasteiger partial charge < -0.3 is 9.84 Å². The first kappa shape index (κ1) is 11.0. The summed E-state index contributed by atoms with van der Waals surface area (Å²) in [6.07, 6.45) is 9.33. The van der Waals surface area contributed by atoms with Crippen LogP contribution in [0.2, 0.25) is 0 Å². The van der Waals surface area contributed by atoms with Crippen molar-refractivity contribution in [2.24, 2.45) is 0 Å². The summed E-state index contributed by atoms with van der Waals surface area (Å²) in [6.45, 7) is 1.95. The lowest BCUT2D eigenvalue weighted by atomic mass is 9.98. The topological polar surface area (TPSA) is 29.5 Å². The molecule has 13 heavy (non-hydrogen) atoms. The van der Waals surface area contributed by atoms with Crippen LogP contribution in [-0.4, -0.2) is 17.5 Å². The molecule has 0 aromatic rings. The first-order valence-electron chi connectivity index (χ1n) is 5.66. The molecule has 0 heterocycles. The molecule has 0 amide bonds. The molecule has 0 aromatic heterocycles. The Morgan fingerprint density at radius 1 is 1.15 bits per heavy atom. The largest absolute Gasteiger partial charge is 0.368 e. The van der Waals surface area contributed by atoms with Crippen molar-refractivity contribution in [2.75, 3.05) is 0 Å². The first-order valence-corrected chi connectivity index (χ1v) is 5.66. The van der Waals surface area contributed by atoms with Crippen LogP contribution in [0, 0.1) is 0 Å². The van der Waals surface area contributed by atoms with Gasteiger partial charge in [-0.15, -0.1) is 0 Å². The average molecular weight is 186 g/mol. The van der Waals surface area contributed by atoms with E-state index in [1.165, 1.54) is 32.1 Å². The second-order valence-corrected chi connectivity index (χ2v) is 3.97. The predicted molar refractivity (Wildman–Crippen MR) is 53.5 cm³/mol. The van der Waals surface area contributed by atoms with Crippen molar-refractivity contribution in [3.63, 3.8) is 0 Å². The summed E-state index contributed by atoms with van der Waals surface area (Å²) in [7, 11) is 0. The van der Waals surface area contributed by atoms with Gasteiger partial charge in [0, 0.05) is 0 Å². The molecular formula is C11H22O2. The zero-order chi connectivity index (χ0) is 9.52. The van der Waals surface area contributed by atoms with E-state index in [0.29, 0.717) is 12.5 Å². The SMILES string of the molecule is CCC(O)OC1CCCCCCC1. The molecule has 0 aliphatic heterocycles. The summed E-state index contributed by atoms with van der Waals surface area (Å²) in [4.78, 5) is 0. The fourth-order valence-corrected chi connectivity index (χ4v) is 1.87. The van der Waals surface area contributed by atoms with Gasteiger partial charge in [0.2, 0.25) is 0 Å². The van der Waals surface area contributed by atoms with E-state index in [9.17, 15) is 5.11 Å². The Bertz CT molecular complexity index is 117. The van der Waals surface area contributed by atoms with E-state index in [0.717, 1.165) is 12.8 Å². The van der Waals surface area contributed by atoms with E-state index >= 15 is 0 Å². The molecule has 2 nitrogen and oxygen atoms in total. The minimum atomic E-state index is -0.538. The van der Waals surface area contributed by atoms with E-state index < -0.39 is 6.29 Å². The maximum Gasteiger partial charge on any atom is 0.154 e. The van der Waals surface area contributed by atoms with Gasteiger partial charge in [0.15, 0.2) is 6.29 Å². The summed E-state index contributed by atoms with van der Waals surface area (Å²) >= 11 is 0. The van der Waals surface area contributed by atoms with Crippen LogP contribution in [-0.2, 0) is 4.74 Å². The molecule has 1 aliphatic carbocycles. The summed E-state index contributed by atoms with van der Waals surface area (Å²) in [6, 6.07) is 0. The molecule has 0 spiro atoms.